The van der Waals surface area contributed by atoms with Crippen LogP contribution in [-0.4, -0.2) is 130 Å². The second kappa shape index (κ2) is 26.0. The number of oxazole rings is 3. The molecule has 3 aromatic heterocycles. The number of esters is 1. The zero-order valence-corrected chi connectivity index (χ0v) is 39.3. The van der Waals surface area contributed by atoms with Crippen LogP contribution in [0.3, 0.4) is 0 Å². The predicted molar refractivity (Wildman–Crippen MR) is 238 cm³/mol. The number of aromatic nitrogens is 3. The number of fused-ring (bicyclic) bond motifs is 8. The molecule has 14 unspecified atom stereocenters. The molecule has 18 heteroatoms. The summed E-state index contributed by atoms with van der Waals surface area (Å²) in [6.45, 7) is 10.8. The molecule has 3 aromatic rings. The van der Waals surface area contributed by atoms with Gasteiger partial charge in [0.2, 0.25) is 24.1 Å². The maximum Gasteiger partial charge on any atom is 0.302 e. The van der Waals surface area contributed by atoms with E-state index in [4.69, 9.17) is 36.9 Å². The van der Waals surface area contributed by atoms with Gasteiger partial charge >= 0.3 is 5.97 Å². The topological polar surface area (TPSA) is 243 Å². The molecule has 4 heterocycles. The van der Waals surface area contributed by atoms with Crippen LogP contribution in [0.25, 0.3) is 29.2 Å². The zero-order chi connectivity index (χ0) is 47.8. The minimum Gasteiger partial charge on any atom is -0.462 e. The molecule has 1 amide bonds. The molecule has 0 spiro atoms. The Hall–Kier alpha value is -4.53. The highest BCUT2D eigenvalue weighted by atomic mass is 16.6. The first kappa shape index (κ1) is 53.1. The standard InChI is InChI=1S/C47H70N4O14/c1-27(17-18-38(56)29(3)44(64-32(6)53)28(2)19-20-51(7)26-52)40(59-9)22-41-31(5)39(58-8)15-12-16-42-48-35(24-61-42)46-50-36(25-63-46)47-49-34(23-62-47)45(60-10)30(4)37(55)14-11-13-33(54)21-43(57)65-41/h11-12,14,16,19-20,23-31,33,37-41,43-45,54-57H,13,15,17-18,21-22H2,1-10H3/b14-11+,16-12+,20-19+. The van der Waals surface area contributed by atoms with Gasteiger partial charge in [-0.05, 0) is 37.7 Å². The minimum atomic E-state index is -1.37. The number of carbonyl (C=O) groups is 2. The van der Waals surface area contributed by atoms with Crippen molar-refractivity contribution in [1.82, 2.24) is 19.9 Å². The number of nitrogens with zero attached hydrogens (tertiary/aromatic N) is 4. The van der Waals surface area contributed by atoms with Gasteiger partial charge in [0, 0.05) is 78.0 Å². The highest BCUT2D eigenvalue weighted by molar-refractivity contribution is 5.66. The van der Waals surface area contributed by atoms with Crippen LogP contribution in [0, 0.1) is 29.6 Å². The maximum absolute atomic E-state index is 12.1. The number of carbonyl (C=O) groups excluding carboxylic acids is 2. The molecule has 4 N–H and O–H groups in total. The largest absolute Gasteiger partial charge is 0.462 e. The van der Waals surface area contributed by atoms with Gasteiger partial charge in [-0.1, -0.05) is 58.9 Å². The summed E-state index contributed by atoms with van der Waals surface area (Å²) in [5, 5.41) is 44.8. The van der Waals surface area contributed by atoms with Gasteiger partial charge in [0.1, 0.15) is 36.7 Å². The molecule has 0 saturated heterocycles. The number of hydrogen-bond acceptors (Lipinski definition) is 17. The van der Waals surface area contributed by atoms with E-state index in [1.165, 1.54) is 37.7 Å². The van der Waals surface area contributed by atoms with Gasteiger partial charge < -0.3 is 62.3 Å². The van der Waals surface area contributed by atoms with E-state index in [0.29, 0.717) is 55.1 Å². The molecular weight excluding hydrogens is 845 g/mol. The molecule has 14 atom stereocenters. The quantitative estimate of drug-likeness (QED) is 0.0718. The number of hydrogen-bond donors (Lipinski definition) is 4. The molecule has 0 radical (unpaired) electrons. The summed E-state index contributed by atoms with van der Waals surface area (Å²) in [4.78, 5) is 38.1. The third kappa shape index (κ3) is 15.5. The van der Waals surface area contributed by atoms with Gasteiger partial charge in [-0.25, -0.2) is 15.0 Å². The van der Waals surface area contributed by atoms with Gasteiger partial charge in [0.05, 0.1) is 36.6 Å². The lowest BCUT2D eigenvalue weighted by Gasteiger charge is -2.35. The molecule has 6 bridgehead atoms. The van der Waals surface area contributed by atoms with Crippen LogP contribution < -0.4 is 0 Å². The highest BCUT2D eigenvalue weighted by Gasteiger charge is 2.35. The molecule has 0 fully saturated rings. The first-order chi connectivity index (χ1) is 31.0. The minimum absolute atomic E-state index is 0.0963. The van der Waals surface area contributed by atoms with Gasteiger partial charge in [-0.2, -0.15) is 0 Å². The summed E-state index contributed by atoms with van der Waals surface area (Å²) < 4.78 is 46.8. The van der Waals surface area contributed by atoms with Crippen molar-refractivity contribution < 1.29 is 67.0 Å². The first-order valence-corrected chi connectivity index (χ1v) is 22.2. The van der Waals surface area contributed by atoms with Gasteiger partial charge in [-0.15, -0.1) is 0 Å². The maximum atomic E-state index is 12.1. The van der Waals surface area contributed by atoms with E-state index in [-0.39, 0.29) is 48.5 Å². The fourth-order valence-corrected chi connectivity index (χ4v) is 8.06. The van der Waals surface area contributed by atoms with Crippen LogP contribution in [-0.2, 0) is 33.3 Å². The Morgan fingerprint density at radius 3 is 2.29 bits per heavy atom. The second-order valence-corrected chi connectivity index (χ2v) is 17.2. The third-order valence-corrected chi connectivity index (χ3v) is 12.3. The Morgan fingerprint density at radius 1 is 0.923 bits per heavy atom. The smallest absolute Gasteiger partial charge is 0.302 e. The van der Waals surface area contributed by atoms with E-state index < -0.39 is 66.8 Å². The molecule has 1 aliphatic heterocycles. The number of rotatable bonds is 16. The van der Waals surface area contributed by atoms with Gasteiger partial charge in [0.15, 0.2) is 17.7 Å². The van der Waals surface area contributed by atoms with Crippen LogP contribution in [0.15, 0.2) is 62.5 Å². The fraction of sp³-hybridized carbons (Fsp3) is 0.638. The SMILES string of the molecule is COC(CC1OC(O)CC(O)C/C=C/C(O)C(C)C(OC)c2coc(n2)-c2coc(n2)-c2coc(n2)/C=C/CC(OC)C1C)C(C)CCC(O)C(C)C(OC(C)=O)C(C)/C=C/N(C)C=O. The molecular formula is C47H70N4O14. The van der Waals surface area contributed by atoms with Crippen molar-refractivity contribution in [1.29, 1.82) is 0 Å². The van der Waals surface area contributed by atoms with Crippen LogP contribution in [0.5, 0.6) is 0 Å². The summed E-state index contributed by atoms with van der Waals surface area (Å²) in [7, 11) is 6.31. The van der Waals surface area contributed by atoms with Crippen LogP contribution in [0.2, 0.25) is 0 Å². The average Bonchev–Trinajstić information content (AvgIpc) is 4.08. The molecule has 362 valence electrons. The normalized spacial score (nSPS) is 27.6. The molecule has 18 nitrogen and oxygen atoms in total. The van der Waals surface area contributed by atoms with Crippen molar-refractivity contribution in [2.24, 2.45) is 29.6 Å². The van der Waals surface area contributed by atoms with E-state index in [1.54, 1.807) is 58.7 Å². The molecule has 1 aliphatic rings. The van der Waals surface area contributed by atoms with Crippen LogP contribution in [0.4, 0.5) is 0 Å². The fourth-order valence-electron chi connectivity index (χ4n) is 8.06. The van der Waals surface area contributed by atoms with E-state index in [0.717, 1.165) is 0 Å². The van der Waals surface area contributed by atoms with E-state index in [1.807, 2.05) is 33.8 Å². The lowest BCUT2D eigenvalue weighted by atomic mass is 9.83. The van der Waals surface area contributed by atoms with Crippen molar-refractivity contribution in [2.45, 2.75) is 135 Å². The van der Waals surface area contributed by atoms with Crippen molar-refractivity contribution in [3.63, 3.8) is 0 Å². The third-order valence-electron chi connectivity index (χ3n) is 12.3. The Bertz CT molecular complexity index is 1960. The Labute approximate surface area is 381 Å². The number of ether oxygens (including phenoxy) is 5. The summed E-state index contributed by atoms with van der Waals surface area (Å²) >= 11 is 0. The number of aliphatic hydroxyl groups is 4. The molecule has 4 rings (SSSR count). The number of methoxy groups -OCH3 is 3. The van der Waals surface area contributed by atoms with Crippen molar-refractivity contribution >= 4 is 18.5 Å². The molecule has 65 heavy (non-hydrogen) atoms. The van der Waals surface area contributed by atoms with E-state index in [2.05, 4.69) is 15.0 Å². The molecule has 0 saturated carbocycles. The highest BCUT2D eigenvalue weighted by Crippen LogP contribution is 2.33. The lowest BCUT2D eigenvalue weighted by molar-refractivity contribution is -0.184. The summed E-state index contributed by atoms with van der Waals surface area (Å²) in [5.74, 6) is -1.41. The average molecular weight is 915 g/mol. The first-order valence-electron chi connectivity index (χ1n) is 22.2. The molecule has 0 aromatic carbocycles. The lowest BCUT2D eigenvalue weighted by Crippen LogP contribution is -2.40. The predicted octanol–water partition coefficient (Wildman–Crippen LogP) is 6.13. The van der Waals surface area contributed by atoms with E-state index >= 15 is 0 Å². The Balaban J connectivity index is 1.55. The van der Waals surface area contributed by atoms with Gasteiger partial charge in [-0.3, -0.25) is 9.59 Å². The van der Waals surface area contributed by atoms with Crippen molar-refractivity contribution in [3.8, 4) is 23.2 Å². The summed E-state index contributed by atoms with van der Waals surface area (Å²) in [5.41, 5.74) is 1.11. The van der Waals surface area contributed by atoms with Crippen LogP contribution >= 0.6 is 0 Å². The number of amides is 1. The zero-order valence-electron chi connectivity index (χ0n) is 39.3. The monoisotopic (exact) mass is 914 g/mol. The Morgan fingerprint density at radius 2 is 1.62 bits per heavy atom. The van der Waals surface area contributed by atoms with Crippen molar-refractivity contribution in [3.05, 3.63) is 60.9 Å². The van der Waals surface area contributed by atoms with E-state index in [9.17, 15) is 30.0 Å². The summed E-state index contributed by atoms with van der Waals surface area (Å²) in [6.07, 6.45) is 9.85. The number of aliphatic hydroxyl groups excluding tert-OH is 4. The molecule has 0 aliphatic carbocycles. The van der Waals surface area contributed by atoms with Gasteiger partial charge in [0.25, 0.3) is 0 Å². The summed E-state index contributed by atoms with van der Waals surface area (Å²) in [6, 6.07) is 0. The Kier molecular flexibility index (Phi) is 21.2. The van der Waals surface area contributed by atoms with Crippen LogP contribution in [0.1, 0.15) is 97.8 Å². The van der Waals surface area contributed by atoms with Crippen molar-refractivity contribution in [2.75, 3.05) is 28.4 Å². The second-order valence-electron chi connectivity index (χ2n) is 17.2.